The quantitative estimate of drug-likeness (QED) is 0.0374. The SMILES string of the molecule is CCC/C=C\C/C=C\CCCCCCCC(=O)OC(CO)COC(=O)CCCCCCCCCCCCCCCCCCCCCCCCCCCCCCCCCCCCCCCCCC. The van der Waals surface area contributed by atoms with Crippen molar-refractivity contribution in [1.29, 1.82) is 0 Å². The third-order valence-electron chi connectivity index (χ3n) is 14.0. The lowest BCUT2D eigenvalue weighted by atomic mass is 10.0. The maximum Gasteiger partial charge on any atom is 0.306 e. The molecule has 0 radical (unpaired) electrons. The number of unbranched alkanes of at least 4 members (excludes halogenated alkanes) is 45. The molecule has 1 unspecified atom stereocenters. The van der Waals surface area contributed by atoms with E-state index in [1.54, 1.807) is 0 Å². The van der Waals surface area contributed by atoms with Crippen molar-refractivity contribution in [2.45, 2.75) is 347 Å². The number of aliphatic hydroxyl groups is 1. The topological polar surface area (TPSA) is 72.8 Å². The van der Waals surface area contributed by atoms with Gasteiger partial charge in [0.15, 0.2) is 6.10 Å². The molecule has 0 aliphatic rings. The standard InChI is InChI=1S/C62H118O5/c1-3-5-7-9-11-13-15-17-18-19-20-21-22-23-24-25-26-27-28-29-30-31-32-33-34-35-36-37-38-39-40-41-42-43-45-46-48-50-52-54-56-61(64)66-59-60(58-63)67-62(65)57-55-53-51-49-47-44-16-14-12-10-8-6-4-2/h8,10,14,16,60,63H,3-7,9,11-13,15,17-59H2,1-2H3/b10-8-,16-14-. The van der Waals surface area contributed by atoms with E-state index in [-0.39, 0.29) is 25.2 Å². The van der Waals surface area contributed by atoms with Crippen LogP contribution in [-0.4, -0.2) is 36.4 Å². The van der Waals surface area contributed by atoms with Crippen LogP contribution in [0.15, 0.2) is 24.3 Å². The Hall–Kier alpha value is -1.62. The molecule has 0 aromatic rings. The van der Waals surface area contributed by atoms with Gasteiger partial charge in [-0.2, -0.15) is 0 Å². The third kappa shape index (κ3) is 56.9. The van der Waals surface area contributed by atoms with E-state index in [2.05, 4.69) is 38.2 Å². The molecule has 396 valence electrons. The first kappa shape index (κ1) is 65.4. The van der Waals surface area contributed by atoms with Gasteiger partial charge >= 0.3 is 11.9 Å². The van der Waals surface area contributed by atoms with Crippen LogP contribution in [0, 0.1) is 0 Å². The van der Waals surface area contributed by atoms with Gasteiger partial charge in [0.25, 0.3) is 0 Å². The van der Waals surface area contributed by atoms with E-state index in [4.69, 9.17) is 9.47 Å². The summed E-state index contributed by atoms with van der Waals surface area (Å²) in [5, 5.41) is 9.61. The maximum absolute atomic E-state index is 12.2. The molecule has 1 N–H and O–H groups in total. The molecular weight excluding hydrogens is 825 g/mol. The zero-order valence-corrected chi connectivity index (χ0v) is 45.4. The van der Waals surface area contributed by atoms with Crippen molar-refractivity contribution in [3.05, 3.63) is 24.3 Å². The Bertz CT molecular complexity index is 1020. The molecule has 0 saturated carbocycles. The molecule has 0 aromatic carbocycles. The number of aliphatic hydroxyl groups excluding tert-OH is 1. The highest BCUT2D eigenvalue weighted by atomic mass is 16.6. The fourth-order valence-electron chi connectivity index (χ4n) is 9.42. The Morgan fingerprint density at radius 1 is 0.343 bits per heavy atom. The van der Waals surface area contributed by atoms with E-state index < -0.39 is 6.10 Å². The molecule has 67 heavy (non-hydrogen) atoms. The van der Waals surface area contributed by atoms with E-state index >= 15 is 0 Å². The first-order valence-electron chi connectivity index (χ1n) is 30.4. The summed E-state index contributed by atoms with van der Waals surface area (Å²) in [6, 6.07) is 0. The lowest BCUT2D eigenvalue weighted by molar-refractivity contribution is -0.161. The van der Waals surface area contributed by atoms with Gasteiger partial charge in [-0.05, 0) is 38.5 Å². The van der Waals surface area contributed by atoms with Crippen molar-refractivity contribution in [3.8, 4) is 0 Å². The van der Waals surface area contributed by atoms with Gasteiger partial charge in [0.2, 0.25) is 0 Å². The van der Waals surface area contributed by atoms with Crippen molar-refractivity contribution in [3.63, 3.8) is 0 Å². The Labute approximate surface area is 419 Å². The van der Waals surface area contributed by atoms with Gasteiger partial charge in [-0.25, -0.2) is 0 Å². The Morgan fingerprint density at radius 2 is 0.627 bits per heavy atom. The summed E-state index contributed by atoms with van der Waals surface area (Å²) in [4.78, 5) is 24.4. The number of rotatable bonds is 57. The second-order valence-corrected chi connectivity index (χ2v) is 20.8. The molecule has 1 atom stereocenters. The molecule has 0 spiro atoms. The predicted molar refractivity (Wildman–Crippen MR) is 293 cm³/mol. The average molecular weight is 944 g/mol. The first-order valence-corrected chi connectivity index (χ1v) is 30.4. The monoisotopic (exact) mass is 943 g/mol. The van der Waals surface area contributed by atoms with Crippen LogP contribution in [0.25, 0.3) is 0 Å². The fourth-order valence-corrected chi connectivity index (χ4v) is 9.42. The molecule has 5 nitrogen and oxygen atoms in total. The Balaban J connectivity index is 3.32. The summed E-state index contributed by atoms with van der Waals surface area (Å²) in [5.41, 5.74) is 0. The van der Waals surface area contributed by atoms with E-state index in [0.717, 1.165) is 57.8 Å². The number of esters is 2. The van der Waals surface area contributed by atoms with Crippen LogP contribution in [0.4, 0.5) is 0 Å². The predicted octanol–water partition coefficient (Wildman–Crippen LogP) is 20.5. The maximum atomic E-state index is 12.2. The van der Waals surface area contributed by atoms with Crippen molar-refractivity contribution in [2.75, 3.05) is 13.2 Å². The van der Waals surface area contributed by atoms with Gasteiger partial charge in [0, 0.05) is 12.8 Å². The van der Waals surface area contributed by atoms with Gasteiger partial charge in [0.05, 0.1) is 6.61 Å². The highest BCUT2D eigenvalue weighted by molar-refractivity contribution is 5.70. The number of allylic oxidation sites excluding steroid dienone is 4. The fraction of sp³-hybridized carbons (Fsp3) is 0.903. The molecule has 0 bridgehead atoms. The molecule has 0 aromatic heterocycles. The van der Waals surface area contributed by atoms with Gasteiger partial charge in [-0.1, -0.05) is 314 Å². The molecule has 0 heterocycles. The second-order valence-electron chi connectivity index (χ2n) is 20.8. The van der Waals surface area contributed by atoms with Crippen molar-refractivity contribution in [2.24, 2.45) is 0 Å². The van der Waals surface area contributed by atoms with Crippen LogP contribution >= 0.6 is 0 Å². The van der Waals surface area contributed by atoms with Crippen LogP contribution in [0.3, 0.4) is 0 Å². The van der Waals surface area contributed by atoms with Crippen LogP contribution in [0.1, 0.15) is 341 Å². The number of carbonyl (C=O) groups excluding carboxylic acids is 2. The zero-order valence-electron chi connectivity index (χ0n) is 45.4. The summed E-state index contributed by atoms with van der Waals surface area (Å²) in [6.07, 6.45) is 75.0. The smallest absolute Gasteiger partial charge is 0.306 e. The van der Waals surface area contributed by atoms with Gasteiger partial charge in [-0.3, -0.25) is 9.59 Å². The average Bonchev–Trinajstić information content (AvgIpc) is 3.33. The molecule has 0 aliphatic heterocycles. The van der Waals surface area contributed by atoms with Gasteiger partial charge < -0.3 is 14.6 Å². The highest BCUT2D eigenvalue weighted by Gasteiger charge is 2.16. The first-order chi connectivity index (χ1) is 33.1. The number of hydrogen-bond acceptors (Lipinski definition) is 5. The Kier molecular flexibility index (Phi) is 57.3. The largest absolute Gasteiger partial charge is 0.462 e. The summed E-state index contributed by atoms with van der Waals surface area (Å²) in [6.45, 7) is 4.10. The minimum Gasteiger partial charge on any atom is -0.462 e. The minimum atomic E-state index is -0.775. The van der Waals surface area contributed by atoms with Gasteiger partial charge in [-0.15, -0.1) is 0 Å². The molecule has 5 heteroatoms. The summed E-state index contributed by atoms with van der Waals surface area (Å²) in [7, 11) is 0. The summed E-state index contributed by atoms with van der Waals surface area (Å²) in [5.74, 6) is -0.592. The lowest BCUT2D eigenvalue weighted by Crippen LogP contribution is -2.28. The van der Waals surface area contributed by atoms with E-state index in [9.17, 15) is 14.7 Å². The molecule has 0 fully saturated rings. The van der Waals surface area contributed by atoms with Crippen molar-refractivity contribution in [1.82, 2.24) is 0 Å². The molecule has 0 saturated heterocycles. The Morgan fingerprint density at radius 3 is 0.940 bits per heavy atom. The van der Waals surface area contributed by atoms with E-state index in [1.165, 1.54) is 257 Å². The number of ether oxygens (including phenoxy) is 2. The minimum absolute atomic E-state index is 0.0667. The van der Waals surface area contributed by atoms with Crippen LogP contribution < -0.4 is 0 Å². The van der Waals surface area contributed by atoms with Crippen LogP contribution in [0.2, 0.25) is 0 Å². The van der Waals surface area contributed by atoms with Crippen molar-refractivity contribution < 1.29 is 24.2 Å². The van der Waals surface area contributed by atoms with E-state index in [1.807, 2.05) is 0 Å². The number of carbonyl (C=O) groups is 2. The summed E-state index contributed by atoms with van der Waals surface area (Å²) >= 11 is 0. The summed E-state index contributed by atoms with van der Waals surface area (Å²) < 4.78 is 10.7. The van der Waals surface area contributed by atoms with Crippen molar-refractivity contribution >= 4 is 11.9 Å². The third-order valence-corrected chi connectivity index (χ3v) is 14.0. The second kappa shape index (κ2) is 58.7. The van der Waals surface area contributed by atoms with Gasteiger partial charge in [0.1, 0.15) is 6.61 Å². The molecule has 0 rings (SSSR count). The normalized spacial score (nSPS) is 12.2. The lowest BCUT2D eigenvalue weighted by Gasteiger charge is -2.15. The molecule has 0 amide bonds. The molecular formula is C62H118O5. The highest BCUT2D eigenvalue weighted by Crippen LogP contribution is 2.18. The van der Waals surface area contributed by atoms with Crippen LogP contribution in [-0.2, 0) is 19.1 Å². The number of hydrogen-bond donors (Lipinski definition) is 1. The zero-order chi connectivity index (χ0) is 48.5. The van der Waals surface area contributed by atoms with Crippen LogP contribution in [0.5, 0.6) is 0 Å². The molecule has 0 aliphatic carbocycles. The van der Waals surface area contributed by atoms with E-state index in [0.29, 0.717) is 12.8 Å².